The number of imidazole rings is 1. The van der Waals surface area contributed by atoms with Gasteiger partial charge in [-0.15, -0.1) is 0 Å². The normalized spacial score (nSPS) is 10.9. The van der Waals surface area contributed by atoms with E-state index in [2.05, 4.69) is 9.55 Å². The Bertz CT molecular complexity index is 633. The molecule has 1 heterocycles. The maximum absolute atomic E-state index is 5.37. The second-order valence-corrected chi connectivity index (χ2v) is 4.74. The Morgan fingerprint density at radius 1 is 1.20 bits per heavy atom. The number of H-pyrrole nitrogens is 1. The van der Waals surface area contributed by atoms with Gasteiger partial charge in [0.05, 0.1) is 25.3 Å². The van der Waals surface area contributed by atoms with Gasteiger partial charge in [-0.05, 0) is 25.6 Å². The molecule has 0 aliphatic rings. The second kappa shape index (κ2) is 6.76. The van der Waals surface area contributed by atoms with Crippen molar-refractivity contribution in [3.63, 3.8) is 0 Å². The minimum Gasteiger partial charge on any atom is -0.493 e. The fourth-order valence-electron chi connectivity index (χ4n) is 2.17. The first-order valence-electron chi connectivity index (χ1n) is 6.63. The van der Waals surface area contributed by atoms with E-state index in [1.165, 1.54) is 0 Å². The van der Waals surface area contributed by atoms with Crippen LogP contribution in [0.2, 0.25) is 0 Å². The fourth-order valence-corrected chi connectivity index (χ4v) is 2.47. The molecule has 0 amide bonds. The standard InChI is InChI=1S/C14H20N2O3S/c1-4-19-7-5-6-16-11-9-13(18-3)12(17-2)8-10(11)15-14(16)20/h8-9H,4-7H2,1-3H3,(H,15,20). The van der Waals surface area contributed by atoms with Crippen molar-refractivity contribution in [3.8, 4) is 11.5 Å². The van der Waals surface area contributed by atoms with Crippen molar-refractivity contribution in [2.24, 2.45) is 0 Å². The summed E-state index contributed by atoms with van der Waals surface area (Å²) < 4.78 is 18.8. The van der Waals surface area contributed by atoms with Gasteiger partial charge < -0.3 is 23.8 Å². The summed E-state index contributed by atoms with van der Waals surface area (Å²) >= 11 is 5.37. The van der Waals surface area contributed by atoms with Crippen molar-refractivity contribution >= 4 is 23.3 Å². The van der Waals surface area contributed by atoms with Gasteiger partial charge in [-0.2, -0.15) is 0 Å². The summed E-state index contributed by atoms with van der Waals surface area (Å²) in [6.07, 6.45) is 0.920. The summed E-state index contributed by atoms with van der Waals surface area (Å²) in [6, 6.07) is 3.85. The zero-order valence-corrected chi connectivity index (χ0v) is 12.9. The van der Waals surface area contributed by atoms with Gasteiger partial charge >= 0.3 is 0 Å². The molecule has 1 aromatic carbocycles. The van der Waals surface area contributed by atoms with Gasteiger partial charge in [0.25, 0.3) is 0 Å². The number of ether oxygens (including phenoxy) is 3. The molecule has 0 aliphatic carbocycles. The zero-order chi connectivity index (χ0) is 14.5. The first-order chi connectivity index (χ1) is 9.71. The lowest BCUT2D eigenvalue weighted by atomic mass is 10.2. The maximum atomic E-state index is 5.37. The van der Waals surface area contributed by atoms with Crippen molar-refractivity contribution < 1.29 is 14.2 Å². The third kappa shape index (κ3) is 2.96. The molecule has 20 heavy (non-hydrogen) atoms. The molecule has 0 aliphatic heterocycles. The van der Waals surface area contributed by atoms with Crippen molar-refractivity contribution in [2.75, 3.05) is 27.4 Å². The summed E-state index contributed by atoms with van der Waals surface area (Å²) in [7, 11) is 3.25. The molecule has 1 aromatic heterocycles. The van der Waals surface area contributed by atoms with Gasteiger partial charge in [0.1, 0.15) is 0 Å². The molecule has 0 radical (unpaired) electrons. The molecule has 2 rings (SSSR count). The molecule has 0 fully saturated rings. The Hall–Kier alpha value is -1.53. The highest BCUT2D eigenvalue weighted by Gasteiger charge is 2.11. The van der Waals surface area contributed by atoms with Crippen molar-refractivity contribution in [3.05, 3.63) is 16.9 Å². The summed E-state index contributed by atoms with van der Waals surface area (Å²) in [6.45, 7) is 4.28. The lowest BCUT2D eigenvalue weighted by Gasteiger charge is -2.09. The number of benzene rings is 1. The minimum absolute atomic E-state index is 0.692. The third-order valence-electron chi connectivity index (χ3n) is 3.15. The molecule has 0 unspecified atom stereocenters. The molecule has 0 saturated heterocycles. The first-order valence-corrected chi connectivity index (χ1v) is 7.04. The topological polar surface area (TPSA) is 48.4 Å². The van der Waals surface area contributed by atoms with E-state index in [1.807, 2.05) is 19.1 Å². The number of hydrogen-bond acceptors (Lipinski definition) is 4. The number of rotatable bonds is 7. The summed E-state index contributed by atoms with van der Waals surface area (Å²) in [5, 5.41) is 0. The molecule has 1 N–H and O–H groups in total. The third-order valence-corrected chi connectivity index (χ3v) is 3.48. The van der Waals surface area contributed by atoms with Crippen LogP contribution in [0.3, 0.4) is 0 Å². The molecule has 6 heteroatoms. The monoisotopic (exact) mass is 296 g/mol. The van der Waals surface area contributed by atoms with Gasteiger partial charge in [0.15, 0.2) is 16.3 Å². The van der Waals surface area contributed by atoms with Gasteiger partial charge in [0.2, 0.25) is 0 Å². The van der Waals surface area contributed by atoms with Gasteiger partial charge in [-0.1, -0.05) is 0 Å². The van der Waals surface area contributed by atoms with Gasteiger partial charge in [-0.25, -0.2) is 0 Å². The zero-order valence-electron chi connectivity index (χ0n) is 12.1. The highest BCUT2D eigenvalue weighted by Crippen LogP contribution is 2.31. The number of aromatic nitrogens is 2. The van der Waals surface area contributed by atoms with Crippen molar-refractivity contribution in [1.29, 1.82) is 0 Å². The number of nitrogens with zero attached hydrogens (tertiary/aromatic N) is 1. The van der Waals surface area contributed by atoms with Crippen LogP contribution < -0.4 is 9.47 Å². The van der Waals surface area contributed by atoms with E-state index in [4.69, 9.17) is 26.4 Å². The van der Waals surface area contributed by atoms with Crippen molar-refractivity contribution in [2.45, 2.75) is 19.9 Å². The average Bonchev–Trinajstić information content (AvgIpc) is 2.77. The number of hydrogen-bond donors (Lipinski definition) is 1. The van der Waals surface area contributed by atoms with Crippen LogP contribution in [0.25, 0.3) is 11.0 Å². The van der Waals surface area contributed by atoms with Crippen molar-refractivity contribution in [1.82, 2.24) is 9.55 Å². The van der Waals surface area contributed by atoms with Crippen LogP contribution in [0.1, 0.15) is 13.3 Å². The Morgan fingerprint density at radius 2 is 1.90 bits per heavy atom. The number of fused-ring (bicyclic) bond motifs is 1. The molecule has 0 spiro atoms. The van der Waals surface area contributed by atoms with E-state index in [9.17, 15) is 0 Å². The molecule has 0 atom stereocenters. The lowest BCUT2D eigenvalue weighted by Crippen LogP contribution is -2.03. The second-order valence-electron chi connectivity index (χ2n) is 4.36. The van der Waals surface area contributed by atoms with E-state index in [0.29, 0.717) is 16.3 Å². The van der Waals surface area contributed by atoms with E-state index in [0.717, 1.165) is 37.2 Å². The van der Waals surface area contributed by atoms with Crippen LogP contribution >= 0.6 is 12.2 Å². The quantitative estimate of drug-likeness (QED) is 0.630. The van der Waals surface area contributed by atoms with Crippen LogP contribution in [-0.2, 0) is 11.3 Å². The van der Waals surface area contributed by atoms with Crippen LogP contribution in [0, 0.1) is 4.77 Å². The van der Waals surface area contributed by atoms with Crippen LogP contribution in [-0.4, -0.2) is 37.0 Å². The lowest BCUT2D eigenvalue weighted by molar-refractivity contribution is 0.142. The smallest absolute Gasteiger partial charge is 0.178 e. The SMILES string of the molecule is CCOCCCn1c(=S)[nH]c2cc(OC)c(OC)cc21. The number of nitrogens with one attached hydrogen (secondary N) is 1. The Morgan fingerprint density at radius 3 is 2.55 bits per heavy atom. The predicted octanol–water partition coefficient (Wildman–Crippen LogP) is 3.14. The number of methoxy groups -OCH3 is 2. The van der Waals surface area contributed by atoms with Crippen LogP contribution in [0.4, 0.5) is 0 Å². The highest BCUT2D eigenvalue weighted by atomic mass is 32.1. The summed E-state index contributed by atoms with van der Waals surface area (Å²) in [4.78, 5) is 3.20. The molecule has 0 bridgehead atoms. The van der Waals surface area contributed by atoms with Crippen LogP contribution in [0.5, 0.6) is 11.5 Å². The highest BCUT2D eigenvalue weighted by molar-refractivity contribution is 7.71. The molecule has 2 aromatic rings. The predicted molar refractivity (Wildman–Crippen MR) is 81.3 cm³/mol. The Kier molecular flexibility index (Phi) is 5.03. The molecular formula is C14H20N2O3S. The average molecular weight is 296 g/mol. The molecular weight excluding hydrogens is 276 g/mol. The van der Waals surface area contributed by atoms with E-state index < -0.39 is 0 Å². The largest absolute Gasteiger partial charge is 0.493 e. The summed E-state index contributed by atoms with van der Waals surface area (Å²) in [5.41, 5.74) is 1.97. The van der Waals surface area contributed by atoms with E-state index in [1.54, 1.807) is 14.2 Å². The Labute approximate surface area is 123 Å². The van der Waals surface area contributed by atoms with E-state index >= 15 is 0 Å². The van der Waals surface area contributed by atoms with Gasteiger partial charge in [0, 0.05) is 31.9 Å². The molecule has 5 nitrogen and oxygen atoms in total. The molecule has 0 saturated carbocycles. The Balaban J connectivity index is 2.34. The maximum Gasteiger partial charge on any atom is 0.178 e. The minimum atomic E-state index is 0.692. The fraction of sp³-hybridized carbons (Fsp3) is 0.500. The van der Waals surface area contributed by atoms with Gasteiger partial charge in [-0.3, -0.25) is 0 Å². The first kappa shape index (κ1) is 14.9. The molecule has 110 valence electrons. The van der Waals surface area contributed by atoms with Crippen LogP contribution in [0.15, 0.2) is 12.1 Å². The van der Waals surface area contributed by atoms with E-state index in [-0.39, 0.29) is 0 Å². The number of aromatic amines is 1. The summed E-state index contributed by atoms with van der Waals surface area (Å²) in [5.74, 6) is 1.39. The number of aryl methyl sites for hydroxylation is 1.